The Bertz CT molecular complexity index is 277. The molecular formula is C7H4F3IO. The van der Waals surface area contributed by atoms with E-state index < -0.39 is 12.4 Å². The third kappa shape index (κ3) is 2.54. The third-order valence-corrected chi connectivity index (χ3v) is 1.95. The number of ether oxygens (including phenoxy) is 1. The molecule has 0 aliphatic rings. The van der Waals surface area contributed by atoms with Gasteiger partial charge in [-0.25, -0.2) is 4.39 Å². The van der Waals surface area contributed by atoms with Gasteiger partial charge < -0.3 is 4.74 Å². The zero-order valence-electron chi connectivity index (χ0n) is 5.73. The van der Waals surface area contributed by atoms with E-state index in [2.05, 4.69) is 4.74 Å². The summed E-state index contributed by atoms with van der Waals surface area (Å²) < 4.78 is 40.2. The van der Waals surface area contributed by atoms with Crippen molar-refractivity contribution in [2.24, 2.45) is 0 Å². The third-order valence-electron chi connectivity index (χ3n) is 1.11. The summed E-state index contributed by atoms with van der Waals surface area (Å²) in [6, 6.07) is 3.36. The molecule has 0 N–H and O–H groups in total. The van der Waals surface area contributed by atoms with E-state index in [-0.39, 0.29) is 5.75 Å². The maximum Gasteiger partial charge on any atom is 0.387 e. The summed E-state index contributed by atoms with van der Waals surface area (Å²) in [7, 11) is 0. The second-order valence-corrected chi connectivity index (χ2v) is 3.12. The minimum Gasteiger partial charge on any atom is -0.434 e. The number of rotatable bonds is 2. The number of alkyl halides is 2. The summed E-state index contributed by atoms with van der Waals surface area (Å²) in [6.07, 6.45) is 0. The predicted molar refractivity (Wildman–Crippen MR) is 45.7 cm³/mol. The molecule has 0 saturated heterocycles. The van der Waals surface area contributed by atoms with Crippen molar-refractivity contribution >= 4 is 22.6 Å². The summed E-state index contributed by atoms with van der Waals surface area (Å²) in [5, 5.41) is 0. The first-order chi connectivity index (χ1) is 5.59. The molecule has 1 nitrogen and oxygen atoms in total. The van der Waals surface area contributed by atoms with E-state index in [1.165, 1.54) is 6.07 Å². The average Bonchev–Trinajstić information content (AvgIpc) is 1.94. The molecule has 0 bridgehead atoms. The molecular weight excluding hydrogens is 284 g/mol. The van der Waals surface area contributed by atoms with Crippen LogP contribution in [0.1, 0.15) is 0 Å². The van der Waals surface area contributed by atoms with E-state index >= 15 is 0 Å². The van der Waals surface area contributed by atoms with Gasteiger partial charge >= 0.3 is 6.61 Å². The predicted octanol–water partition coefficient (Wildman–Crippen LogP) is 3.03. The van der Waals surface area contributed by atoms with Crippen molar-refractivity contribution in [3.8, 4) is 5.75 Å². The fraction of sp³-hybridized carbons (Fsp3) is 0.143. The van der Waals surface area contributed by atoms with E-state index in [9.17, 15) is 13.2 Å². The fourth-order valence-electron chi connectivity index (χ4n) is 0.667. The molecule has 0 aromatic heterocycles. The molecule has 0 aliphatic carbocycles. The summed E-state index contributed by atoms with van der Waals surface area (Å²) in [6.45, 7) is -2.87. The normalized spacial score (nSPS) is 10.4. The second-order valence-electron chi connectivity index (χ2n) is 1.95. The number of hydrogen-bond donors (Lipinski definition) is 0. The van der Waals surface area contributed by atoms with Crippen LogP contribution in [0.4, 0.5) is 13.2 Å². The average molecular weight is 288 g/mol. The van der Waals surface area contributed by atoms with Crippen LogP contribution in [0.2, 0.25) is 0 Å². The number of benzene rings is 1. The molecule has 1 aromatic carbocycles. The first-order valence-corrected chi connectivity index (χ1v) is 4.07. The lowest BCUT2D eigenvalue weighted by Crippen LogP contribution is -2.03. The van der Waals surface area contributed by atoms with E-state index in [1.54, 1.807) is 22.6 Å². The summed E-state index contributed by atoms with van der Waals surface area (Å²) in [5.41, 5.74) is 0. The molecule has 0 saturated carbocycles. The Balaban J connectivity index is 2.86. The molecule has 5 heteroatoms. The van der Waals surface area contributed by atoms with Gasteiger partial charge in [0.2, 0.25) is 0 Å². The van der Waals surface area contributed by atoms with Crippen LogP contribution in [0.15, 0.2) is 18.2 Å². The minimum absolute atomic E-state index is 0.00741. The topological polar surface area (TPSA) is 9.23 Å². The van der Waals surface area contributed by atoms with Crippen molar-refractivity contribution in [1.82, 2.24) is 0 Å². The highest BCUT2D eigenvalue weighted by molar-refractivity contribution is 14.1. The summed E-state index contributed by atoms with van der Waals surface area (Å²) in [5.74, 6) is -0.479. The van der Waals surface area contributed by atoms with E-state index in [4.69, 9.17) is 0 Å². The Kier molecular flexibility index (Phi) is 3.19. The van der Waals surface area contributed by atoms with Gasteiger partial charge in [0, 0.05) is 0 Å². The van der Waals surface area contributed by atoms with Crippen LogP contribution >= 0.6 is 22.6 Å². The molecule has 0 heterocycles. The highest BCUT2D eigenvalue weighted by Gasteiger charge is 2.07. The zero-order chi connectivity index (χ0) is 9.14. The molecule has 0 amide bonds. The molecule has 0 fully saturated rings. The molecule has 0 atom stereocenters. The molecule has 1 aromatic rings. The van der Waals surface area contributed by atoms with Gasteiger partial charge in [0.25, 0.3) is 0 Å². The Morgan fingerprint density at radius 2 is 2.00 bits per heavy atom. The fourth-order valence-corrected chi connectivity index (χ4v) is 1.27. The van der Waals surface area contributed by atoms with Gasteiger partial charge in [-0.3, -0.25) is 0 Å². The zero-order valence-corrected chi connectivity index (χ0v) is 7.89. The monoisotopic (exact) mass is 288 g/mol. The van der Waals surface area contributed by atoms with Gasteiger partial charge in [-0.15, -0.1) is 0 Å². The maximum atomic E-state index is 12.4. The van der Waals surface area contributed by atoms with Gasteiger partial charge in [0.1, 0.15) is 11.6 Å². The van der Waals surface area contributed by atoms with Crippen molar-refractivity contribution in [2.75, 3.05) is 0 Å². The highest BCUT2D eigenvalue weighted by atomic mass is 127. The summed E-state index contributed by atoms with van der Waals surface area (Å²) in [4.78, 5) is 0. The standard InChI is InChI=1S/C7H4F3IO/c8-4-1-2-6(5(11)3-4)12-7(9)10/h1-3,7H. The van der Waals surface area contributed by atoms with Crippen LogP contribution in [0.25, 0.3) is 0 Å². The highest BCUT2D eigenvalue weighted by Crippen LogP contribution is 2.22. The van der Waals surface area contributed by atoms with Crippen molar-refractivity contribution in [1.29, 1.82) is 0 Å². The quantitative estimate of drug-likeness (QED) is 0.760. The maximum absolute atomic E-state index is 12.4. The van der Waals surface area contributed by atoms with E-state index in [1.807, 2.05) is 0 Å². The second kappa shape index (κ2) is 3.97. The Hall–Kier alpha value is -0.460. The van der Waals surface area contributed by atoms with Crippen LogP contribution in [0.3, 0.4) is 0 Å². The molecule has 0 radical (unpaired) electrons. The number of halogens is 4. The van der Waals surface area contributed by atoms with Crippen LogP contribution in [0, 0.1) is 9.39 Å². The van der Waals surface area contributed by atoms with E-state index in [0.717, 1.165) is 12.1 Å². The molecule has 12 heavy (non-hydrogen) atoms. The van der Waals surface area contributed by atoms with Gasteiger partial charge in [-0.2, -0.15) is 8.78 Å². The lowest BCUT2D eigenvalue weighted by molar-refractivity contribution is -0.0504. The smallest absolute Gasteiger partial charge is 0.387 e. The minimum atomic E-state index is -2.87. The molecule has 0 aliphatic heterocycles. The largest absolute Gasteiger partial charge is 0.434 e. The number of hydrogen-bond acceptors (Lipinski definition) is 1. The van der Waals surface area contributed by atoms with Crippen LogP contribution < -0.4 is 4.74 Å². The van der Waals surface area contributed by atoms with Gasteiger partial charge in [0.15, 0.2) is 0 Å². The molecule has 1 rings (SSSR count). The lowest BCUT2D eigenvalue weighted by Gasteiger charge is -2.05. The first-order valence-electron chi connectivity index (χ1n) is 2.99. The van der Waals surface area contributed by atoms with Gasteiger partial charge in [0.05, 0.1) is 3.57 Å². The lowest BCUT2D eigenvalue weighted by atomic mass is 10.3. The Morgan fingerprint density at radius 3 is 2.50 bits per heavy atom. The summed E-state index contributed by atoms with van der Waals surface area (Å²) >= 11 is 1.72. The SMILES string of the molecule is Fc1ccc(OC(F)F)c(I)c1. The molecule has 0 unspecified atom stereocenters. The van der Waals surface area contributed by atoms with Crippen molar-refractivity contribution in [3.63, 3.8) is 0 Å². The van der Waals surface area contributed by atoms with Crippen LogP contribution in [-0.4, -0.2) is 6.61 Å². The van der Waals surface area contributed by atoms with Crippen LogP contribution in [-0.2, 0) is 0 Å². The Labute approximate surface area is 80.7 Å². The molecule has 66 valence electrons. The Morgan fingerprint density at radius 1 is 1.33 bits per heavy atom. The first kappa shape index (κ1) is 9.63. The van der Waals surface area contributed by atoms with Crippen molar-refractivity contribution < 1.29 is 17.9 Å². The molecule has 0 spiro atoms. The van der Waals surface area contributed by atoms with E-state index in [0.29, 0.717) is 3.57 Å². The van der Waals surface area contributed by atoms with Crippen molar-refractivity contribution in [3.05, 3.63) is 27.6 Å². The van der Waals surface area contributed by atoms with Crippen molar-refractivity contribution in [2.45, 2.75) is 6.61 Å². The van der Waals surface area contributed by atoms with Crippen LogP contribution in [0.5, 0.6) is 5.75 Å². The van der Waals surface area contributed by atoms with Gasteiger partial charge in [-0.1, -0.05) is 0 Å². The van der Waals surface area contributed by atoms with Gasteiger partial charge in [-0.05, 0) is 40.8 Å².